The molecule has 0 spiro atoms. The molecule has 0 fully saturated rings. The summed E-state index contributed by atoms with van der Waals surface area (Å²) < 4.78 is 0. The van der Waals surface area contributed by atoms with Crippen molar-refractivity contribution < 1.29 is 0 Å². The molecule has 1 aromatic rings. The molecule has 0 saturated carbocycles. The van der Waals surface area contributed by atoms with E-state index in [0.29, 0.717) is 6.04 Å². The maximum Gasteiger partial charge on any atom is 0.147 e. The molecule has 90 valence electrons. The molecule has 0 aromatic carbocycles. The Labute approximate surface area is 97.9 Å². The van der Waals surface area contributed by atoms with Crippen LogP contribution in [0.25, 0.3) is 0 Å². The lowest BCUT2D eigenvalue weighted by atomic mass is 10.1. The third-order valence-corrected chi connectivity index (χ3v) is 2.47. The molecule has 2 N–H and O–H groups in total. The Bertz CT molecular complexity index is 301. The van der Waals surface area contributed by atoms with Crippen molar-refractivity contribution in [2.45, 2.75) is 46.1 Å². The normalized spacial score (nSPS) is 12.2. The van der Waals surface area contributed by atoms with Gasteiger partial charge in [0, 0.05) is 12.6 Å². The molecular weight excluding hydrogens is 200 g/mol. The minimum Gasteiger partial charge on any atom is -0.369 e. The first kappa shape index (κ1) is 12.7. The van der Waals surface area contributed by atoms with Crippen LogP contribution in [0.15, 0.2) is 12.4 Å². The summed E-state index contributed by atoms with van der Waals surface area (Å²) in [7, 11) is 0. The van der Waals surface area contributed by atoms with Crippen LogP contribution in [0.2, 0.25) is 0 Å². The van der Waals surface area contributed by atoms with Crippen LogP contribution >= 0.6 is 0 Å². The molecule has 1 aromatic heterocycles. The highest BCUT2D eigenvalue weighted by molar-refractivity contribution is 5.41. The van der Waals surface area contributed by atoms with E-state index >= 15 is 0 Å². The summed E-state index contributed by atoms with van der Waals surface area (Å²) in [6.07, 6.45) is 6.99. The van der Waals surface area contributed by atoms with Crippen LogP contribution in [0.3, 0.4) is 0 Å². The van der Waals surface area contributed by atoms with Crippen LogP contribution in [0.1, 0.15) is 40.0 Å². The number of anilines is 2. The van der Waals surface area contributed by atoms with Crippen LogP contribution in [0.5, 0.6) is 0 Å². The average Bonchev–Trinajstić information content (AvgIpc) is 2.29. The molecule has 1 heterocycles. The maximum atomic E-state index is 4.45. The van der Waals surface area contributed by atoms with Crippen LogP contribution in [0.4, 0.5) is 11.6 Å². The zero-order valence-electron chi connectivity index (χ0n) is 10.5. The van der Waals surface area contributed by atoms with Crippen molar-refractivity contribution in [2.24, 2.45) is 0 Å². The minimum atomic E-state index is 0.496. The number of nitrogens with zero attached hydrogens (tertiary/aromatic N) is 2. The van der Waals surface area contributed by atoms with Crippen LogP contribution in [-0.2, 0) is 0 Å². The van der Waals surface area contributed by atoms with E-state index in [1.165, 1.54) is 12.8 Å². The van der Waals surface area contributed by atoms with Crippen LogP contribution < -0.4 is 10.6 Å². The van der Waals surface area contributed by atoms with E-state index in [1.54, 1.807) is 12.4 Å². The van der Waals surface area contributed by atoms with Gasteiger partial charge >= 0.3 is 0 Å². The molecule has 0 aliphatic carbocycles. The number of aromatic nitrogens is 2. The first-order valence-electron chi connectivity index (χ1n) is 6.12. The van der Waals surface area contributed by atoms with E-state index in [-0.39, 0.29) is 0 Å². The summed E-state index contributed by atoms with van der Waals surface area (Å²) in [5.74, 6) is 1.69. The first-order valence-corrected chi connectivity index (χ1v) is 6.12. The number of hydrogen-bond donors (Lipinski definition) is 2. The second-order valence-electron chi connectivity index (χ2n) is 3.86. The fourth-order valence-corrected chi connectivity index (χ4v) is 1.64. The SMILES string of the molecule is CCCC(CC)Nc1cncc(NCC)n1. The second kappa shape index (κ2) is 7.04. The Balaban J connectivity index is 2.60. The lowest BCUT2D eigenvalue weighted by Crippen LogP contribution is -2.19. The lowest BCUT2D eigenvalue weighted by molar-refractivity contribution is 0.620. The summed E-state index contributed by atoms with van der Waals surface area (Å²) in [6, 6.07) is 0.496. The van der Waals surface area contributed by atoms with E-state index in [0.717, 1.165) is 24.6 Å². The Hall–Kier alpha value is -1.32. The van der Waals surface area contributed by atoms with Crippen molar-refractivity contribution in [2.75, 3.05) is 17.2 Å². The van der Waals surface area contributed by atoms with Crippen molar-refractivity contribution in [3.63, 3.8) is 0 Å². The van der Waals surface area contributed by atoms with Crippen molar-refractivity contribution in [3.05, 3.63) is 12.4 Å². The molecular formula is C12H22N4. The van der Waals surface area contributed by atoms with E-state index < -0.39 is 0 Å². The van der Waals surface area contributed by atoms with Gasteiger partial charge in [0.25, 0.3) is 0 Å². The van der Waals surface area contributed by atoms with Crippen LogP contribution in [0, 0.1) is 0 Å². The quantitative estimate of drug-likeness (QED) is 0.744. The Morgan fingerprint density at radius 1 is 1.19 bits per heavy atom. The largest absolute Gasteiger partial charge is 0.369 e. The van der Waals surface area contributed by atoms with Crippen molar-refractivity contribution in [1.29, 1.82) is 0 Å². The van der Waals surface area contributed by atoms with Gasteiger partial charge in [-0.15, -0.1) is 0 Å². The zero-order chi connectivity index (χ0) is 11.8. The van der Waals surface area contributed by atoms with Gasteiger partial charge in [0.15, 0.2) is 0 Å². The fraction of sp³-hybridized carbons (Fsp3) is 0.667. The molecule has 16 heavy (non-hydrogen) atoms. The van der Waals surface area contributed by atoms with E-state index in [2.05, 4.69) is 34.4 Å². The molecule has 0 radical (unpaired) electrons. The Kier molecular flexibility index (Phi) is 5.61. The van der Waals surface area contributed by atoms with E-state index in [1.807, 2.05) is 6.92 Å². The third kappa shape index (κ3) is 4.04. The molecule has 1 unspecified atom stereocenters. The van der Waals surface area contributed by atoms with Crippen molar-refractivity contribution in [3.8, 4) is 0 Å². The molecule has 0 bridgehead atoms. The number of hydrogen-bond acceptors (Lipinski definition) is 4. The fourth-order valence-electron chi connectivity index (χ4n) is 1.64. The van der Waals surface area contributed by atoms with Crippen molar-refractivity contribution in [1.82, 2.24) is 9.97 Å². The van der Waals surface area contributed by atoms with Gasteiger partial charge in [-0.3, -0.25) is 4.98 Å². The first-order chi connectivity index (χ1) is 7.80. The Morgan fingerprint density at radius 3 is 2.56 bits per heavy atom. The van der Waals surface area contributed by atoms with Crippen molar-refractivity contribution >= 4 is 11.6 Å². The number of rotatable bonds is 7. The molecule has 4 nitrogen and oxygen atoms in total. The summed E-state index contributed by atoms with van der Waals surface area (Å²) >= 11 is 0. The summed E-state index contributed by atoms with van der Waals surface area (Å²) in [6.45, 7) is 7.30. The molecule has 1 rings (SSSR count). The molecule has 4 heteroatoms. The summed E-state index contributed by atoms with van der Waals surface area (Å²) in [5.41, 5.74) is 0. The highest BCUT2D eigenvalue weighted by Crippen LogP contribution is 2.11. The highest BCUT2D eigenvalue weighted by Gasteiger charge is 2.06. The monoisotopic (exact) mass is 222 g/mol. The smallest absolute Gasteiger partial charge is 0.147 e. The van der Waals surface area contributed by atoms with E-state index in [9.17, 15) is 0 Å². The Morgan fingerprint density at radius 2 is 1.94 bits per heavy atom. The predicted molar refractivity (Wildman–Crippen MR) is 68.8 cm³/mol. The minimum absolute atomic E-state index is 0.496. The van der Waals surface area contributed by atoms with Gasteiger partial charge in [-0.05, 0) is 19.8 Å². The second-order valence-corrected chi connectivity index (χ2v) is 3.86. The molecule has 0 aliphatic heterocycles. The van der Waals surface area contributed by atoms with Gasteiger partial charge in [0.1, 0.15) is 11.6 Å². The van der Waals surface area contributed by atoms with Gasteiger partial charge in [-0.1, -0.05) is 20.3 Å². The average molecular weight is 222 g/mol. The molecule has 1 atom stereocenters. The molecule has 0 saturated heterocycles. The van der Waals surface area contributed by atoms with Gasteiger partial charge < -0.3 is 10.6 Å². The zero-order valence-corrected chi connectivity index (χ0v) is 10.5. The predicted octanol–water partition coefficient (Wildman–Crippen LogP) is 2.90. The van der Waals surface area contributed by atoms with Crippen LogP contribution in [-0.4, -0.2) is 22.6 Å². The molecule has 0 amide bonds. The molecule has 0 aliphatic rings. The third-order valence-electron chi connectivity index (χ3n) is 2.47. The lowest BCUT2D eigenvalue weighted by Gasteiger charge is -2.16. The van der Waals surface area contributed by atoms with Gasteiger partial charge in [-0.2, -0.15) is 0 Å². The highest BCUT2D eigenvalue weighted by atomic mass is 15.1. The van der Waals surface area contributed by atoms with Gasteiger partial charge in [0.05, 0.1) is 12.4 Å². The summed E-state index contributed by atoms with van der Waals surface area (Å²) in [5, 5.41) is 6.57. The van der Waals surface area contributed by atoms with E-state index in [4.69, 9.17) is 0 Å². The van der Waals surface area contributed by atoms with Gasteiger partial charge in [0.2, 0.25) is 0 Å². The van der Waals surface area contributed by atoms with Gasteiger partial charge in [-0.25, -0.2) is 4.98 Å². The maximum absolute atomic E-state index is 4.45. The topological polar surface area (TPSA) is 49.8 Å². The standard InChI is InChI=1S/C12H22N4/c1-4-7-10(5-2)15-12-9-13-8-11(16-12)14-6-3/h8-10H,4-7H2,1-3H3,(H2,14,15,16). The summed E-state index contributed by atoms with van der Waals surface area (Å²) in [4.78, 5) is 8.61. The number of nitrogens with one attached hydrogen (secondary N) is 2.